The molecule has 1 aliphatic heterocycles. The number of likely N-dealkylation sites (tertiary alicyclic amines) is 1. The van der Waals surface area contributed by atoms with Gasteiger partial charge in [-0.3, -0.25) is 4.21 Å². The minimum atomic E-state index is -0.847. The lowest BCUT2D eigenvalue weighted by atomic mass is 9.88. The highest BCUT2D eigenvalue weighted by Crippen LogP contribution is 2.25. The first-order valence-electron chi connectivity index (χ1n) is 8.70. The summed E-state index contributed by atoms with van der Waals surface area (Å²) >= 11 is 0. The number of amides is 2. The van der Waals surface area contributed by atoms with Gasteiger partial charge in [-0.1, -0.05) is 19.3 Å². The van der Waals surface area contributed by atoms with Crippen molar-refractivity contribution in [2.45, 2.75) is 51.0 Å². The number of carbonyl (C=O) groups is 1. The fourth-order valence-corrected chi connectivity index (χ4v) is 3.93. The Kier molecular flexibility index (Phi) is 7.66. The number of hydrogen-bond donors (Lipinski definition) is 2. The molecule has 0 radical (unpaired) electrons. The van der Waals surface area contributed by atoms with Crippen molar-refractivity contribution in [3.05, 3.63) is 0 Å². The van der Waals surface area contributed by atoms with Gasteiger partial charge in [-0.2, -0.15) is 0 Å². The van der Waals surface area contributed by atoms with Crippen LogP contribution in [0.4, 0.5) is 4.79 Å². The summed E-state index contributed by atoms with van der Waals surface area (Å²) < 4.78 is 10.9. The van der Waals surface area contributed by atoms with Crippen molar-refractivity contribution in [1.29, 1.82) is 0 Å². The summed E-state index contributed by atoms with van der Waals surface area (Å²) in [7, 11) is -0.847. The minimum absolute atomic E-state index is 0.115. The van der Waals surface area contributed by atoms with Crippen molar-refractivity contribution in [3.8, 4) is 0 Å². The van der Waals surface area contributed by atoms with Crippen LogP contribution in [-0.2, 0) is 10.8 Å². The van der Waals surface area contributed by atoms with Gasteiger partial charge in [-0.25, -0.2) is 4.79 Å². The van der Waals surface area contributed by atoms with Crippen molar-refractivity contribution >= 4 is 16.8 Å². The first-order valence-corrected chi connectivity index (χ1v) is 10.4. The lowest BCUT2D eigenvalue weighted by molar-refractivity contribution is 0.156. The summed E-state index contributed by atoms with van der Waals surface area (Å²) in [5, 5.41) is 5.82. The molecule has 2 amide bonds. The predicted octanol–water partition coefficient (Wildman–Crippen LogP) is 1.71. The van der Waals surface area contributed by atoms with E-state index in [9.17, 15) is 9.00 Å². The number of carbonyl (C=O) groups excluding carboxylic acids is 1. The second-order valence-corrected chi connectivity index (χ2v) is 8.31. The standard InChI is InChI=1S/C16H31N3O2S/c1-22(21)12-9-17-16(20)18-15-7-10-19(11-8-15)13-14-5-3-2-4-6-14/h14-15H,2-13H2,1H3,(H2,17,18,20). The lowest BCUT2D eigenvalue weighted by Crippen LogP contribution is -2.49. The summed E-state index contributed by atoms with van der Waals surface area (Å²) in [6.45, 7) is 3.93. The van der Waals surface area contributed by atoms with Gasteiger partial charge in [0.2, 0.25) is 0 Å². The minimum Gasteiger partial charge on any atom is -0.337 e. The lowest BCUT2D eigenvalue weighted by Gasteiger charge is -2.35. The summed E-state index contributed by atoms with van der Waals surface area (Å²) in [4.78, 5) is 14.3. The Hall–Kier alpha value is -0.620. The molecule has 128 valence electrons. The average Bonchev–Trinajstić information content (AvgIpc) is 2.50. The molecule has 6 heteroatoms. The Bertz CT molecular complexity index is 364. The molecule has 1 saturated heterocycles. The van der Waals surface area contributed by atoms with Gasteiger partial charge in [-0.05, 0) is 31.6 Å². The smallest absolute Gasteiger partial charge is 0.315 e. The van der Waals surface area contributed by atoms with Crippen LogP contribution in [0.15, 0.2) is 0 Å². The number of hydrogen-bond acceptors (Lipinski definition) is 3. The number of urea groups is 1. The highest BCUT2D eigenvalue weighted by Gasteiger charge is 2.23. The van der Waals surface area contributed by atoms with E-state index in [1.807, 2.05) is 0 Å². The van der Waals surface area contributed by atoms with Gasteiger partial charge >= 0.3 is 6.03 Å². The molecule has 22 heavy (non-hydrogen) atoms. The number of piperidine rings is 1. The normalized spacial score (nSPS) is 23.1. The molecular formula is C16H31N3O2S. The summed E-state index contributed by atoms with van der Waals surface area (Å²) in [6.07, 6.45) is 10.8. The maximum absolute atomic E-state index is 11.8. The maximum atomic E-state index is 11.8. The third kappa shape index (κ3) is 6.65. The van der Waals surface area contributed by atoms with Gasteiger partial charge in [0.25, 0.3) is 0 Å². The van der Waals surface area contributed by atoms with E-state index in [4.69, 9.17) is 0 Å². The SMILES string of the molecule is CS(=O)CCNC(=O)NC1CCN(CC2CCCCC2)CC1. The van der Waals surface area contributed by atoms with Gasteiger partial charge in [0.1, 0.15) is 0 Å². The van der Waals surface area contributed by atoms with Gasteiger partial charge in [0, 0.05) is 55.0 Å². The molecule has 0 bridgehead atoms. The molecular weight excluding hydrogens is 298 g/mol. The second-order valence-electron chi connectivity index (χ2n) is 6.76. The highest BCUT2D eigenvalue weighted by atomic mass is 32.2. The monoisotopic (exact) mass is 329 g/mol. The highest BCUT2D eigenvalue weighted by molar-refractivity contribution is 7.84. The van der Waals surface area contributed by atoms with Crippen LogP contribution in [0.2, 0.25) is 0 Å². The first kappa shape index (κ1) is 17.7. The van der Waals surface area contributed by atoms with Crippen molar-refractivity contribution in [2.24, 2.45) is 5.92 Å². The maximum Gasteiger partial charge on any atom is 0.315 e. The second kappa shape index (κ2) is 9.50. The molecule has 2 fully saturated rings. The quantitative estimate of drug-likeness (QED) is 0.780. The Labute approximate surface area is 137 Å². The van der Waals surface area contributed by atoms with E-state index >= 15 is 0 Å². The first-order chi connectivity index (χ1) is 10.6. The summed E-state index contributed by atoms with van der Waals surface area (Å²) in [5.41, 5.74) is 0. The Balaban J connectivity index is 1.58. The molecule has 2 rings (SSSR count). The molecule has 0 aromatic heterocycles. The van der Waals surface area contributed by atoms with Crippen molar-refractivity contribution < 1.29 is 9.00 Å². The fourth-order valence-electron chi connectivity index (χ4n) is 3.54. The number of nitrogens with one attached hydrogen (secondary N) is 2. The van der Waals surface area contributed by atoms with E-state index in [2.05, 4.69) is 15.5 Å². The molecule has 0 aromatic carbocycles. The Morgan fingerprint density at radius 1 is 1.14 bits per heavy atom. The van der Waals surface area contributed by atoms with Crippen molar-refractivity contribution in [3.63, 3.8) is 0 Å². The molecule has 1 atom stereocenters. The average molecular weight is 330 g/mol. The fraction of sp³-hybridized carbons (Fsp3) is 0.938. The molecule has 2 aliphatic rings. The predicted molar refractivity (Wildman–Crippen MR) is 91.5 cm³/mol. The number of rotatable bonds is 6. The van der Waals surface area contributed by atoms with Crippen LogP contribution in [-0.4, -0.2) is 59.4 Å². The van der Waals surface area contributed by atoms with Crippen LogP contribution in [0.5, 0.6) is 0 Å². The van der Waals surface area contributed by atoms with Crippen LogP contribution in [0.3, 0.4) is 0 Å². The summed E-state index contributed by atoms with van der Waals surface area (Å²) in [6, 6.07) is 0.172. The van der Waals surface area contributed by atoms with Crippen LogP contribution >= 0.6 is 0 Å². The molecule has 0 spiro atoms. The van der Waals surface area contributed by atoms with Crippen LogP contribution < -0.4 is 10.6 Å². The van der Waals surface area contributed by atoms with Crippen LogP contribution in [0.1, 0.15) is 44.9 Å². The van der Waals surface area contributed by atoms with Crippen molar-refractivity contribution in [2.75, 3.05) is 38.2 Å². The van der Waals surface area contributed by atoms with E-state index < -0.39 is 10.8 Å². The summed E-state index contributed by atoms with van der Waals surface area (Å²) in [5.74, 6) is 1.42. The largest absolute Gasteiger partial charge is 0.337 e. The van der Waals surface area contributed by atoms with Crippen LogP contribution in [0, 0.1) is 5.92 Å². The topological polar surface area (TPSA) is 61.4 Å². The third-order valence-electron chi connectivity index (χ3n) is 4.84. The zero-order chi connectivity index (χ0) is 15.8. The van der Waals surface area contributed by atoms with Crippen LogP contribution in [0.25, 0.3) is 0 Å². The van der Waals surface area contributed by atoms with E-state index in [0.29, 0.717) is 12.3 Å². The molecule has 5 nitrogen and oxygen atoms in total. The third-order valence-corrected chi connectivity index (χ3v) is 5.62. The zero-order valence-electron chi connectivity index (χ0n) is 13.8. The van der Waals surface area contributed by atoms with E-state index in [-0.39, 0.29) is 12.1 Å². The molecule has 1 heterocycles. The van der Waals surface area contributed by atoms with Gasteiger partial charge in [0.05, 0.1) is 0 Å². The molecule has 1 aliphatic carbocycles. The van der Waals surface area contributed by atoms with E-state index in [1.54, 1.807) is 6.26 Å². The molecule has 0 aromatic rings. The Morgan fingerprint density at radius 2 is 1.82 bits per heavy atom. The molecule has 1 unspecified atom stereocenters. The molecule has 1 saturated carbocycles. The van der Waals surface area contributed by atoms with Gasteiger partial charge in [0.15, 0.2) is 0 Å². The van der Waals surface area contributed by atoms with Gasteiger partial charge in [-0.15, -0.1) is 0 Å². The zero-order valence-corrected chi connectivity index (χ0v) is 14.6. The van der Waals surface area contributed by atoms with Gasteiger partial charge < -0.3 is 15.5 Å². The number of nitrogens with zero attached hydrogens (tertiary/aromatic N) is 1. The Morgan fingerprint density at radius 3 is 2.45 bits per heavy atom. The van der Waals surface area contributed by atoms with Crippen molar-refractivity contribution in [1.82, 2.24) is 15.5 Å². The molecule has 2 N–H and O–H groups in total. The van der Waals surface area contributed by atoms with E-state index in [0.717, 1.165) is 31.8 Å². The van der Waals surface area contributed by atoms with E-state index in [1.165, 1.54) is 38.6 Å².